The summed E-state index contributed by atoms with van der Waals surface area (Å²) >= 11 is 0. The number of anilines is 1. The third kappa shape index (κ3) is 4.70. The van der Waals surface area contributed by atoms with Gasteiger partial charge in [-0.05, 0) is 34.7 Å². The fraction of sp³-hybridized carbons (Fsp3) is 0.136. The molecule has 0 aliphatic carbocycles. The number of rotatable bonds is 5. The van der Waals surface area contributed by atoms with Gasteiger partial charge in [-0.2, -0.15) is 0 Å². The molecule has 2 amide bonds. The first-order valence-corrected chi connectivity index (χ1v) is 8.47. The van der Waals surface area contributed by atoms with Crippen molar-refractivity contribution >= 4 is 11.7 Å². The fourth-order valence-electron chi connectivity index (χ4n) is 2.70. The molecular formula is C22H22N2O. The monoisotopic (exact) mass is 330 g/mol. The number of carbonyl (C=O) groups excluding carboxylic acids is 1. The minimum absolute atomic E-state index is 0.182. The lowest BCUT2D eigenvalue weighted by atomic mass is 9.97. The van der Waals surface area contributed by atoms with E-state index in [0.717, 1.165) is 5.69 Å². The van der Waals surface area contributed by atoms with Gasteiger partial charge in [0.1, 0.15) is 0 Å². The van der Waals surface area contributed by atoms with Crippen molar-refractivity contribution in [1.29, 1.82) is 0 Å². The smallest absolute Gasteiger partial charge is 0.319 e. The molecule has 0 spiro atoms. The van der Waals surface area contributed by atoms with Crippen molar-refractivity contribution < 1.29 is 4.79 Å². The molecule has 3 aromatic rings. The number of amides is 2. The molecule has 0 heterocycles. The van der Waals surface area contributed by atoms with Crippen LogP contribution in [0.5, 0.6) is 0 Å². The van der Waals surface area contributed by atoms with Gasteiger partial charge in [0.25, 0.3) is 0 Å². The maximum absolute atomic E-state index is 12.0. The first kappa shape index (κ1) is 16.8. The lowest BCUT2D eigenvalue weighted by Gasteiger charge is -2.14. The van der Waals surface area contributed by atoms with E-state index in [1.165, 1.54) is 16.7 Å². The Kier molecular flexibility index (Phi) is 5.47. The van der Waals surface area contributed by atoms with Gasteiger partial charge in [0.2, 0.25) is 0 Å². The van der Waals surface area contributed by atoms with Crippen LogP contribution in [0.1, 0.15) is 18.4 Å². The van der Waals surface area contributed by atoms with Crippen LogP contribution in [0.2, 0.25) is 0 Å². The van der Waals surface area contributed by atoms with Gasteiger partial charge in [-0.25, -0.2) is 4.79 Å². The van der Waals surface area contributed by atoms with Crippen LogP contribution in [-0.2, 0) is 0 Å². The molecule has 0 aliphatic rings. The quantitative estimate of drug-likeness (QED) is 0.656. The summed E-state index contributed by atoms with van der Waals surface area (Å²) in [5.74, 6) is 0.242. The van der Waals surface area contributed by atoms with Gasteiger partial charge in [0.15, 0.2) is 0 Å². The SMILES string of the molecule is CC(CNC(=O)Nc1ccccc1)c1ccc(-c2ccccc2)cc1. The van der Waals surface area contributed by atoms with Gasteiger partial charge in [-0.3, -0.25) is 0 Å². The summed E-state index contributed by atoms with van der Waals surface area (Å²) in [6.45, 7) is 2.70. The van der Waals surface area contributed by atoms with E-state index in [9.17, 15) is 4.79 Å². The topological polar surface area (TPSA) is 41.1 Å². The molecule has 3 nitrogen and oxygen atoms in total. The second-order valence-corrected chi connectivity index (χ2v) is 6.09. The van der Waals surface area contributed by atoms with Crippen molar-refractivity contribution in [3.05, 3.63) is 90.5 Å². The molecule has 3 aromatic carbocycles. The van der Waals surface area contributed by atoms with Crippen molar-refractivity contribution in [2.24, 2.45) is 0 Å². The third-order valence-electron chi connectivity index (χ3n) is 4.19. The van der Waals surface area contributed by atoms with E-state index in [-0.39, 0.29) is 11.9 Å². The number of carbonyl (C=O) groups is 1. The minimum atomic E-state index is -0.182. The molecule has 0 fully saturated rings. The van der Waals surface area contributed by atoms with Gasteiger partial charge >= 0.3 is 6.03 Å². The Bertz CT molecular complexity index is 798. The summed E-state index contributed by atoms with van der Waals surface area (Å²) < 4.78 is 0. The Balaban J connectivity index is 1.54. The summed E-state index contributed by atoms with van der Waals surface area (Å²) in [5.41, 5.74) is 4.41. The van der Waals surface area contributed by atoms with Gasteiger partial charge in [-0.1, -0.05) is 79.7 Å². The second-order valence-electron chi connectivity index (χ2n) is 6.09. The summed E-state index contributed by atoms with van der Waals surface area (Å²) in [6.07, 6.45) is 0. The molecule has 1 atom stereocenters. The summed E-state index contributed by atoms with van der Waals surface area (Å²) in [6, 6.07) is 28.1. The molecule has 3 heteroatoms. The van der Waals surface area contributed by atoms with E-state index in [0.29, 0.717) is 6.54 Å². The zero-order valence-corrected chi connectivity index (χ0v) is 14.3. The van der Waals surface area contributed by atoms with Crippen molar-refractivity contribution in [2.75, 3.05) is 11.9 Å². The lowest BCUT2D eigenvalue weighted by Crippen LogP contribution is -2.31. The zero-order chi connectivity index (χ0) is 17.5. The molecular weight excluding hydrogens is 308 g/mol. The molecule has 2 N–H and O–H groups in total. The maximum Gasteiger partial charge on any atom is 0.319 e. The van der Waals surface area contributed by atoms with E-state index in [1.54, 1.807) is 0 Å². The Labute approximate surface area is 148 Å². The van der Waals surface area contributed by atoms with E-state index in [1.807, 2.05) is 48.5 Å². The number of hydrogen-bond donors (Lipinski definition) is 2. The van der Waals surface area contributed by atoms with Crippen LogP contribution in [0.4, 0.5) is 10.5 Å². The van der Waals surface area contributed by atoms with Gasteiger partial charge < -0.3 is 10.6 Å². The van der Waals surface area contributed by atoms with Crippen LogP contribution in [0.25, 0.3) is 11.1 Å². The van der Waals surface area contributed by atoms with Crippen LogP contribution in [0, 0.1) is 0 Å². The summed E-state index contributed by atoms with van der Waals surface area (Å²) in [5, 5.41) is 5.75. The average Bonchev–Trinajstić information content (AvgIpc) is 2.68. The highest BCUT2D eigenvalue weighted by atomic mass is 16.2. The van der Waals surface area contributed by atoms with E-state index < -0.39 is 0 Å². The maximum atomic E-state index is 12.0. The predicted octanol–water partition coefficient (Wildman–Crippen LogP) is 5.28. The number of nitrogens with one attached hydrogen (secondary N) is 2. The third-order valence-corrected chi connectivity index (χ3v) is 4.19. The number of hydrogen-bond acceptors (Lipinski definition) is 1. The molecule has 0 bridgehead atoms. The van der Waals surface area contributed by atoms with Gasteiger partial charge in [-0.15, -0.1) is 0 Å². The predicted molar refractivity (Wildman–Crippen MR) is 104 cm³/mol. The van der Waals surface area contributed by atoms with Crippen LogP contribution in [0.15, 0.2) is 84.9 Å². The first-order valence-electron chi connectivity index (χ1n) is 8.47. The number of benzene rings is 3. The average molecular weight is 330 g/mol. The standard InChI is InChI=1S/C22H22N2O/c1-17(16-23-22(25)24-21-10-6-3-7-11-21)18-12-14-20(15-13-18)19-8-4-2-5-9-19/h2-15,17H,16H2,1H3,(H2,23,24,25). The minimum Gasteiger partial charge on any atom is -0.337 e. The van der Waals surface area contributed by atoms with Crippen molar-refractivity contribution in [2.45, 2.75) is 12.8 Å². The highest BCUT2D eigenvalue weighted by Gasteiger charge is 2.08. The van der Waals surface area contributed by atoms with Crippen molar-refractivity contribution in [1.82, 2.24) is 5.32 Å². The first-order chi connectivity index (χ1) is 12.2. The molecule has 25 heavy (non-hydrogen) atoms. The van der Waals surface area contributed by atoms with Crippen molar-refractivity contribution in [3.8, 4) is 11.1 Å². The largest absolute Gasteiger partial charge is 0.337 e. The Morgan fingerprint density at radius 3 is 2.00 bits per heavy atom. The molecule has 0 aromatic heterocycles. The fourth-order valence-corrected chi connectivity index (χ4v) is 2.70. The molecule has 1 unspecified atom stereocenters. The van der Waals surface area contributed by atoms with E-state index in [2.05, 4.69) is 54.0 Å². The molecule has 126 valence electrons. The van der Waals surface area contributed by atoms with Crippen LogP contribution < -0.4 is 10.6 Å². The van der Waals surface area contributed by atoms with Crippen LogP contribution >= 0.6 is 0 Å². The zero-order valence-electron chi connectivity index (χ0n) is 14.3. The molecule has 3 rings (SSSR count). The van der Waals surface area contributed by atoms with Gasteiger partial charge in [0, 0.05) is 12.2 Å². The van der Waals surface area contributed by atoms with Crippen LogP contribution in [-0.4, -0.2) is 12.6 Å². The lowest BCUT2D eigenvalue weighted by molar-refractivity contribution is 0.251. The Hall–Kier alpha value is -3.07. The Morgan fingerprint density at radius 2 is 1.36 bits per heavy atom. The summed E-state index contributed by atoms with van der Waals surface area (Å²) in [4.78, 5) is 12.0. The highest BCUT2D eigenvalue weighted by Crippen LogP contribution is 2.22. The van der Waals surface area contributed by atoms with Crippen molar-refractivity contribution in [3.63, 3.8) is 0 Å². The molecule has 0 radical (unpaired) electrons. The normalized spacial score (nSPS) is 11.6. The van der Waals surface area contributed by atoms with E-state index in [4.69, 9.17) is 0 Å². The molecule has 0 saturated carbocycles. The van der Waals surface area contributed by atoms with E-state index >= 15 is 0 Å². The second kappa shape index (κ2) is 8.15. The molecule has 0 aliphatic heterocycles. The number of urea groups is 1. The van der Waals surface area contributed by atoms with Crippen LogP contribution in [0.3, 0.4) is 0 Å². The molecule has 0 saturated heterocycles. The number of para-hydroxylation sites is 1. The highest BCUT2D eigenvalue weighted by molar-refractivity contribution is 5.89. The Morgan fingerprint density at radius 1 is 0.800 bits per heavy atom. The summed E-state index contributed by atoms with van der Waals surface area (Å²) in [7, 11) is 0. The van der Waals surface area contributed by atoms with Gasteiger partial charge in [0.05, 0.1) is 0 Å².